The van der Waals surface area contributed by atoms with E-state index in [1.807, 2.05) is 18.9 Å². The second-order valence-corrected chi connectivity index (χ2v) is 5.47. The molecule has 1 unspecified atom stereocenters. The van der Waals surface area contributed by atoms with Crippen molar-refractivity contribution in [3.05, 3.63) is 0 Å². The molecule has 0 aromatic carbocycles. The normalized spacial score (nSPS) is 21.3. The SMILES string of the molecule is CC(C)C(C)C(=O)N(C)C1(CN)CCOCC1. The van der Waals surface area contributed by atoms with Crippen LogP contribution in [0.1, 0.15) is 33.6 Å². The van der Waals surface area contributed by atoms with Crippen LogP contribution in [-0.2, 0) is 9.53 Å². The second-order valence-electron chi connectivity index (χ2n) is 5.47. The predicted octanol–water partition coefficient (Wildman–Crippen LogP) is 1.24. The maximum absolute atomic E-state index is 12.4. The van der Waals surface area contributed by atoms with E-state index in [4.69, 9.17) is 10.5 Å². The first-order chi connectivity index (χ1) is 7.94. The Kier molecular flexibility index (Phi) is 4.95. The number of carbonyl (C=O) groups is 1. The molecule has 4 nitrogen and oxygen atoms in total. The van der Waals surface area contributed by atoms with Crippen LogP contribution in [0.5, 0.6) is 0 Å². The topological polar surface area (TPSA) is 55.6 Å². The number of nitrogens with two attached hydrogens (primary N) is 1. The number of carbonyl (C=O) groups excluding carboxylic acids is 1. The van der Waals surface area contributed by atoms with Crippen LogP contribution in [0.4, 0.5) is 0 Å². The van der Waals surface area contributed by atoms with Gasteiger partial charge in [-0.1, -0.05) is 20.8 Å². The summed E-state index contributed by atoms with van der Waals surface area (Å²) >= 11 is 0. The highest BCUT2D eigenvalue weighted by molar-refractivity contribution is 5.79. The van der Waals surface area contributed by atoms with Gasteiger partial charge in [0.1, 0.15) is 0 Å². The van der Waals surface area contributed by atoms with E-state index in [1.165, 1.54) is 0 Å². The summed E-state index contributed by atoms with van der Waals surface area (Å²) in [7, 11) is 1.89. The molecule has 1 saturated heterocycles. The van der Waals surface area contributed by atoms with Crippen LogP contribution < -0.4 is 5.73 Å². The van der Waals surface area contributed by atoms with Crippen LogP contribution in [0, 0.1) is 11.8 Å². The quantitative estimate of drug-likeness (QED) is 0.807. The third-order valence-electron chi connectivity index (χ3n) is 4.24. The smallest absolute Gasteiger partial charge is 0.225 e. The molecule has 0 spiro atoms. The van der Waals surface area contributed by atoms with Crippen LogP contribution in [0.15, 0.2) is 0 Å². The Morgan fingerprint density at radius 2 is 1.88 bits per heavy atom. The average Bonchev–Trinajstić information content (AvgIpc) is 2.36. The van der Waals surface area contributed by atoms with Crippen molar-refractivity contribution in [2.24, 2.45) is 17.6 Å². The van der Waals surface area contributed by atoms with Gasteiger partial charge >= 0.3 is 0 Å². The summed E-state index contributed by atoms with van der Waals surface area (Å²) in [5.74, 6) is 0.609. The summed E-state index contributed by atoms with van der Waals surface area (Å²) in [6.45, 7) is 8.07. The standard InChI is InChI=1S/C13H26N2O2/c1-10(2)11(3)12(16)15(4)13(9-14)5-7-17-8-6-13/h10-11H,5-9,14H2,1-4H3. The molecule has 1 fully saturated rings. The molecule has 0 radical (unpaired) electrons. The van der Waals surface area contributed by atoms with Crippen LogP contribution in [0.25, 0.3) is 0 Å². The maximum atomic E-state index is 12.4. The van der Waals surface area contributed by atoms with E-state index < -0.39 is 0 Å². The Morgan fingerprint density at radius 1 is 1.35 bits per heavy atom. The van der Waals surface area contributed by atoms with Crippen molar-refractivity contribution in [3.8, 4) is 0 Å². The van der Waals surface area contributed by atoms with Gasteiger partial charge < -0.3 is 15.4 Å². The highest BCUT2D eigenvalue weighted by Gasteiger charge is 2.39. The summed E-state index contributed by atoms with van der Waals surface area (Å²) in [6.07, 6.45) is 1.69. The molecule has 1 aliphatic heterocycles. The van der Waals surface area contributed by atoms with Crippen molar-refractivity contribution in [1.29, 1.82) is 0 Å². The first-order valence-corrected chi connectivity index (χ1v) is 6.50. The molecule has 0 bridgehead atoms. The van der Waals surface area contributed by atoms with Crippen molar-refractivity contribution in [2.75, 3.05) is 26.8 Å². The number of hydrogen-bond donors (Lipinski definition) is 1. The van der Waals surface area contributed by atoms with E-state index >= 15 is 0 Å². The zero-order chi connectivity index (χ0) is 13.1. The summed E-state index contributed by atoms with van der Waals surface area (Å²) < 4.78 is 5.37. The predicted molar refractivity (Wildman–Crippen MR) is 68.6 cm³/mol. The number of amides is 1. The number of likely N-dealkylation sites (N-methyl/N-ethyl adjacent to an activating group) is 1. The molecule has 17 heavy (non-hydrogen) atoms. The number of hydrogen-bond acceptors (Lipinski definition) is 3. The van der Waals surface area contributed by atoms with Crippen molar-refractivity contribution < 1.29 is 9.53 Å². The van der Waals surface area contributed by atoms with Gasteiger partial charge in [-0.2, -0.15) is 0 Å². The second kappa shape index (κ2) is 5.83. The largest absolute Gasteiger partial charge is 0.381 e. The van der Waals surface area contributed by atoms with E-state index in [9.17, 15) is 4.79 Å². The lowest BCUT2D eigenvalue weighted by molar-refractivity contribution is -0.144. The average molecular weight is 242 g/mol. The molecule has 0 aromatic heterocycles. The molecule has 1 amide bonds. The van der Waals surface area contributed by atoms with Crippen LogP contribution in [0.3, 0.4) is 0 Å². The van der Waals surface area contributed by atoms with Gasteiger partial charge in [0.25, 0.3) is 0 Å². The Morgan fingerprint density at radius 3 is 2.29 bits per heavy atom. The molecule has 1 rings (SSSR count). The summed E-state index contributed by atoms with van der Waals surface area (Å²) in [5.41, 5.74) is 5.71. The van der Waals surface area contributed by atoms with E-state index in [2.05, 4.69) is 13.8 Å². The highest BCUT2D eigenvalue weighted by Crippen LogP contribution is 2.28. The molecule has 100 valence electrons. The summed E-state index contributed by atoms with van der Waals surface area (Å²) in [6, 6.07) is 0. The maximum Gasteiger partial charge on any atom is 0.225 e. The zero-order valence-corrected chi connectivity index (χ0v) is 11.5. The van der Waals surface area contributed by atoms with Crippen molar-refractivity contribution >= 4 is 5.91 Å². The van der Waals surface area contributed by atoms with Gasteiger partial charge in [0, 0.05) is 32.7 Å². The Bertz CT molecular complexity index is 260. The molecular formula is C13H26N2O2. The minimum atomic E-state index is -0.196. The van der Waals surface area contributed by atoms with Crippen molar-refractivity contribution in [1.82, 2.24) is 4.90 Å². The van der Waals surface area contributed by atoms with Crippen molar-refractivity contribution in [2.45, 2.75) is 39.2 Å². The molecule has 4 heteroatoms. The Balaban J connectivity index is 2.78. The van der Waals surface area contributed by atoms with Gasteiger partial charge in [0.05, 0.1) is 5.54 Å². The van der Waals surface area contributed by atoms with Gasteiger partial charge in [-0.05, 0) is 18.8 Å². The number of nitrogens with zero attached hydrogens (tertiary/aromatic N) is 1. The van der Waals surface area contributed by atoms with Gasteiger partial charge in [-0.25, -0.2) is 0 Å². The summed E-state index contributed by atoms with van der Waals surface area (Å²) in [4.78, 5) is 14.3. The molecule has 1 heterocycles. The number of ether oxygens (including phenoxy) is 1. The first kappa shape index (κ1) is 14.5. The van der Waals surface area contributed by atoms with E-state index in [0.717, 1.165) is 12.8 Å². The lowest BCUT2D eigenvalue weighted by atomic mass is 9.86. The molecule has 1 atom stereocenters. The monoisotopic (exact) mass is 242 g/mol. The fourth-order valence-corrected chi connectivity index (χ4v) is 2.25. The van der Waals surface area contributed by atoms with Gasteiger partial charge in [-0.15, -0.1) is 0 Å². The molecule has 0 saturated carbocycles. The lowest BCUT2D eigenvalue weighted by Crippen LogP contribution is -2.58. The van der Waals surface area contributed by atoms with Crippen LogP contribution in [0.2, 0.25) is 0 Å². The lowest BCUT2D eigenvalue weighted by Gasteiger charge is -2.45. The third kappa shape index (κ3) is 2.99. The first-order valence-electron chi connectivity index (χ1n) is 6.50. The molecule has 1 aliphatic rings. The van der Waals surface area contributed by atoms with Gasteiger partial charge in [0.15, 0.2) is 0 Å². The van der Waals surface area contributed by atoms with E-state index in [-0.39, 0.29) is 17.4 Å². The zero-order valence-electron chi connectivity index (χ0n) is 11.5. The molecule has 2 N–H and O–H groups in total. The van der Waals surface area contributed by atoms with Crippen molar-refractivity contribution in [3.63, 3.8) is 0 Å². The Labute approximate surface area is 104 Å². The number of rotatable bonds is 4. The van der Waals surface area contributed by atoms with E-state index in [1.54, 1.807) is 0 Å². The van der Waals surface area contributed by atoms with Gasteiger partial charge in [-0.3, -0.25) is 4.79 Å². The minimum Gasteiger partial charge on any atom is -0.381 e. The van der Waals surface area contributed by atoms with E-state index in [0.29, 0.717) is 25.7 Å². The third-order valence-corrected chi connectivity index (χ3v) is 4.24. The van der Waals surface area contributed by atoms with Gasteiger partial charge in [0.2, 0.25) is 5.91 Å². The minimum absolute atomic E-state index is 0.0475. The molecular weight excluding hydrogens is 216 g/mol. The molecule has 0 aliphatic carbocycles. The van der Waals surface area contributed by atoms with Crippen LogP contribution >= 0.6 is 0 Å². The Hall–Kier alpha value is -0.610. The van der Waals surface area contributed by atoms with Crippen LogP contribution in [-0.4, -0.2) is 43.2 Å². The summed E-state index contributed by atoms with van der Waals surface area (Å²) in [5, 5.41) is 0. The highest BCUT2D eigenvalue weighted by atomic mass is 16.5. The fourth-order valence-electron chi connectivity index (χ4n) is 2.25. The molecule has 0 aromatic rings. The fraction of sp³-hybridized carbons (Fsp3) is 0.923.